The second-order valence-electron chi connectivity index (χ2n) is 5.40. The lowest BCUT2D eigenvalue weighted by atomic mass is 9.86. The van der Waals surface area contributed by atoms with E-state index in [1.807, 2.05) is 26.8 Å². The van der Waals surface area contributed by atoms with Gasteiger partial charge in [0.2, 0.25) is 5.91 Å². The van der Waals surface area contributed by atoms with Crippen LogP contribution in [0.4, 0.5) is 5.69 Å². The smallest absolute Gasteiger partial charge is 0.244 e. The minimum Gasteiger partial charge on any atom is -0.319 e. The third-order valence-corrected chi connectivity index (χ3v) is 2.91. The fourth-order valence-corrected chi connectivity index (χ4v) is 1.47. The summed E-state index contributed by atoms with van der Waals surface area (Å²) in [5.74, 6) is -0.132. The Morgan fingerprint density at radius 3 is 2.22 bits per heavy atom. The molecule has 0 fully saturated rings. The number of nitrogens with two attached hydrogens (primary N) is 1. The van der Waals surface area contributed by atoms with Crippen molar-refractivity contribution in [1.82, 2.24) is 0 Å². The molecule has 0 bridgehead atoms. The van der Waals surface area contributed by atoms with Crippen molar-refractivity contribution in [1.29, 1.82) is 5.26 Å². The summed E-state index contributed by atoms with van der Waals surface area (Å²) >= 11 is 0. The average Bonchev–Trinajstić information content (AvgIpc) is 2.35. The van der Waals surface area contributed by atoms with Crippen molar-refractivity contribution >= 4 is 11.6 Å². The fraction of sp³-hybridized carbons (Fsp3) is 0.429. The highest BCUT2D eigenvalue weighted by Gasteiger charge is 2.30. The molecular weight excluding hydrogens is 226 g/mol. The fourth-order valence-electron chi connectivity index (χ4n) is 1.47. The lowest BCUT2D eigenvalue weighted by molar-refractivity contribution is -0.121. The predicted octanol–water partition coefficient (Wildman–Crippen LogP) is 1.89. The van der Waals surface area contributed by atoms with Gasteiger partial charge >= 0.3 is 0 Å². The summed E-state index contributed by atoms with van der Waals surface area (Å²) in [5, 5.41) is 8.72. The van der Waals surface area contributed by atoms with E-state index in [2.05, 4.69) is 0 Å². The molecule has 18 heavy (non-hydrogen) atoms. The number of rotatable bonds is 2. The first-order chi connectivity index (χ1) is 8.27. The molecule has 1 aromatic rings. The van der Waals surface area contributed by atoms with Gasteiger partial charge in [-0.25, -0.2) is 0 Å². The largest absolute Gasteiger partial charge is 0.319 e. The predicted molar refractivity (Wildman–Crippen MR) is 72.0 cm³/mol. The van der Waals surface area contributed by atoms with Crippen LogP contribution in [0.1, 0.15) is 26.3 Å². The van der Waals surface area contributed by atoms with E-state index in [4.69, 9.17) is 11.0 Å². The molecular formula is C14H19N3O. The Labute approximate surface area is 108 Å². The Kier molecular flexibility index (Phi) is 4.10. The number of nitriles is 1. The number of likely N-dealkylation sites (N-methyl/N-ethyl adjacent to an activating group) is 1. The zero-order chi connectivity index (χ0) is 13.9. The van der Waals surface area contributed by atoms with Gasteiger partial charge in [0, 0.05) is 12.7 Å². The van der Waals surface area contributed by atoms with Crippen LogP contribution in [0.15, 0.2) is 24.3 Å². The van der Waals surface area contributed by atoms with E-state index in [0.29, 0.717) is 5.56 Å². The summed E-state index contributed by atoms with van der Waals surface area (Å²) in [7, 11) is 1.69. The molecule has 0 aromatic heterocycles. The molecule has 2 N–H and O–H groups in total. The maximum absolute atomic E-state index is 12.2. The number of carbonyl (C=O) groups is 1. The monoisotopic (exact) mass is 245 g/mol. The number of hydrogen-bond donors (Lipinski definition) is 1. The second-order valence-corrected chi connectivity index (χ2v) is 5.40. The lowest BCUT2D eigenvalue weighted by Crippen LogP contribution is -2.49. The molecule has 1 aromatic carbocycles. The zero-order valence-corrected chi connectivity index (χ0v) is 11.3. The van der Waals surface area contributed by atoms with Crippen LogP contribution >= 0.6 is 0 Å². The first kappa shape index (κ1) is 14.2. The molecule has 0 aliphatic rings. The van der Waals surface area contributed by atoms with Gasteiger partial charge in [-0.2, -0.15) is 5.26 Å². The van der Waals surface area contributed by atoms with Crippen LogP contribution in [0.5, 0.6) is 0 Å². The minimum atomic E-state index is -0.557. The van der Waals surface area contributed by atoms with Crippen molar-refractivity contribution in [2.75, 3.05) is 11.9 Å². The van der Waals surface area contributed by atoms with Crippen molar-refractivity contribution in [3.05, 3.63) is 29.8 Å². The van der Waals surface area contributed by atoms with Crippen LogP contribution in [0, 0.1) is 16.7 Å². The minimum absolute atomic E-state index is 0.132. The average molecular weight is 245 g/mol. The van der Waals surface area contributed by atoms with Crippen LogP contribution in [0.2, 0.25) is 0 Å². The maximum atomic E-state index is 12.2. The van der Waals surface area contributed by atoms with Gasteiger partial charge in [0.15, 0.2) is 0 Å². The Hall–Kier alpha value is -1.86. The molecule has 0 aliphatic heterocycles. The van der Waals surface area contributed by atoms with E-state index in [1.54, 1.807) is 31.3 Å². The van der Waals surface area contributed by atoms with Crippen molar-refractivity contribution in [3.63, 3.8) is 0 Å². The third-order valence-electron chi connectivity index (χ3n) is 2.91. The van der Waals surface area contributed by atoms with E-state index in [-0.39, 0.29) is 11.3 Å². The Balaban J connectivity index is 2.90. The second kappa shape index (κ2) is 5.19. The normalized spacial score (nSPS) is 12.7. The van der Waals surface area contributed by atoms with Gasteiger partial charge in [-0.3, -0.25) is 4.79 Å². The van der Waals surface area contributed by atoms with E-state index in [9.17, 15) is 4.79 Å². The molecule has 96 valence electrons. The van der Waals surface area contributed by atoms with Gasteiger partial charge in [0.25, 0.3) is 0 Å². The molecule has 1 rings (SSSR count). The molecule has 1 atom stereocenters. The molecule has 4 nitrogen and oxygen atoms in total. The highest BCUT2D eigenvalue weighted by atomic mass is 16.2. The maximum Gasteiger partial charge on any atom is 0.244 e. The van der Waals surface area contributed by atoms with E-state index in [1.165, 1.54) is 4.90 Å². The van der Waals surface area contributed by atoms with Crippen LogP contribution in [0.3, 0.4) is 0 Å². The molecule has 1 unspecified atom stereocenters. The number of hydrogen-bond acceptors (Lipinski definition) is 3. The Morgan fingerprint density at radius 1 is 1.33 bits per heavy atom. The molecule has 0 aliphatic carbocycles. The standard InChI is InChI=1S/C14H19N3O/c1-14(2,3)12(16)13(18)17(4)11-7-5-10(9-15)6-8-11/h5-8,12H,16H2,1-4H3. The van der Waals surface area contributed by atoms with Gasteiger partial charge in [-0.05, 0) is 29.7 Å². The van der Waals surface area contributed by atoms with Gasteiger partial charge in [-0.1, -0.05) is 20.8 Å². The van der Waals surface area contributed by atoms with Crippen LogP contribution < -0.4 is 10.6 Å². The summed E-state index contributed by atoms with van der Waals surface area (Å²) in [6.45, 7) is 5.80. The van der Waals surface area contributed by atoms with E-state index in [0.717, 1.165) is 5.69 Å². The number of amides is 1. The third kappa shape index (κ3) is 3.08. The Morgan fingerprint density at radius 2 is 1.83 bits per heavy atom. The summed E-state index contributed by atoms with van der Waals surface area (Å²) in [4.78, 5) is 13.7. The molecule has 0 radical (unpaired) electrons. The first-order valence-electron chi connectivity index (χ1n) is 5.80. The molecule has 4 heteroatoms. The topological polar surface area (TPSA) is 70.1 Å². The molecule has 1 amide bonds. The highest BCUT2D eigenvalue weighted by molar-refractivity contribution is 5.97. The number of carbonyl (C=O) groups excluding carboxylic acids is 1. The van der Waals surface area contributed by atoms with Crippen LogP contribution in [-0.4, -0.2) is 19.0 Å². The molecule has 0 spiro atoms. The molecule has 0 saturated carbocycles. The van der Waals surface area contributed by atoms with Crippen molar-refractivity contribution < 1.29 is 4.79 Å². The van der Waals surface area contributed by atoms with Crippen molar-refractivity contribution in [2.45, 2.75) is 26.8 Å². The van der Waals surface area contributed by atoms with Gasteiger partial charge in [0.1, 0.15) is 0 Å². The Bertz CT molecular complexity index is 465. The summed E-state index contributed by atoms with van der Waals surface area (Å²) in [6, 6.07) is 8.33. The van der Waals surface area contributed by atoms with E-state index < -0.39 is 6.04 Å². The highest BCUT2D eigenvalue weighted by Crippen LogP contribution is 2.21. The van der Waals surface area contributed by atoms with Crippen LogP contribution in [0.25, 0.3) is 0 Å². The number of benzene rings is 1. The van der Waals surface area contributed by atoms with Gasteiger partial charge < -0.3 is 10.6 Å². The van der Waals surface area contributed by atoms with Gasteiger partial charge in [-0.15, -0.1) is 0 Å². The van der Waals surface area contributed by atoms with Gasteiger partial charge in [0.05, 0.1) is 17.7 Å². The molecule has 0 saturated heterocycles. The summed E-state index contributed by atoms with van der Waals surface area (Å²) < 4.78 is 0. The van der Waals surface area contributed by atoms with E-state index >= 15 is 0 Å². The lowest BCUT2D eigenvalue weighted by Gasteiger charge is -2.30. The zero-order valence-electron chi connectivity index (χ0n) is 11.3. The molecule has 0 heterocycles. The summed E-state index contributed by atoms with van der Waals surface area (Å²) in [5.41, 5.74) is 6.97. The number of anilines is 1. The first-order valence-corrected chi connectivity index (χ1v) is 5.80. The van der Waals surface area contributed by atoms with Crippen LogP contribution in [-0.2, 0) is 4.79 Å². The quantitative estimate of drug-likeness (QED) is 0.865. The van der Waals surface area contributed by atoms with Crippen molar-refractivity contribution in [3.8, 4) is 6.07 Å². The summed E-state index contributed by atoms with van der Waals surface area (Å²) in [6.07, 6.45) is 0. The number of nitrogens with zero attached hydrogens (tertiary/aromatic N) is 2. The van der Waals surface area contributed by atoms with Crippen molar-refractivity contribution in [2.24, 2.45) is 11.1 Å². The SMILES string of the molecule is CN(C(=O)C(N)C(C)(C)C)c1ccc(C#N)cc1.